The molecule has 0 N–H and O–H groups in total. The average Bonchev–Trinajstić information content (AvgIpc) is 3.41. The molecule has 4 aromatic heterocycles. The third-order valence-electron chi connectivity index (χ3n) is 16.2. The number of benzene rings is 10. The lowest BCUT2D eigenvalue weighted by Gasteiger charge is -2.18. The van der Waals surface area contributed by atoms with E-state index in [0.717, 1.165) is 128 Å². The van der Waals surface area contributed by atoms with Gasteiger partial charge in [0.15, 0.2) is 0 Å². The van der Waals surface area contributed by atoms with E-state index in [2.05, 4.69) is 240 Å². The van der Waals surface area contributed by atoms with E-state index in [1.165, 1.54) is 27.8 Å². The number of aromatic nitrogens is 4. The van der Waals surface area contributed by atoms with Gasteiger partial charge in [-0.3, -0.25) is 9.97 Å². The van der Waals surface area contributed by atoms with Gasteiger partial charge in [-0.25, -0.2) is 0 Å². The van der Waals surface area contributed by atoms with Crippen molar-refractivity contribution in [3.05, 3.63) is 288 Å². The molecule has 0 aliphatic carbocycles. The van der Waals surface area contributed by atoms with E-state index in [9.17, 15) is 10.5 Å². The molecule has 14 rings (SSSR count). The van der Waals surface area contributed by atoms with Crippen LogP contribution in [0.1, 0.15) is 38.9 Å². The Morgan fingerprint density at radius 1 is 0.329 bits per heavy atom. The van der Waals surface area contributed by atoms with Gasteiger partial charge < -0.3 is 9.13 Å². The van der Waals surface area contributed by atoms with Crippen LogP contribution in [0.15, 0.2) is 249 Å². The molecule has 14 aromatic rings. The molecule has 0 saturated heterocycles. The molecule has 0 saturated carbocycles. The molecule has 0 atom stereocenters. The first-order chi connectivity index (χ1) is 40.3. The average molecular weight is 1050 g/mol. The van der Waals surface area contributed by atoms with Gasteiger partial charge in [-0.1, -0.05) is 157 Å². The number of rotatable bonds is 10. The number of nitriles is 2. The molecule has 4 heterocycles. The van der Waals surface area contributed by atoms with Crippen LogP contribution in [0.2, 0.25) is 0 Å². The Balaban J connectivity index is 0.856. The SMILES string of the molecule is Cc1cccc(-c2ccc3c4ccc(-c5cccc(Cc6cc(C)cc(-c7ccc8c(c7)c7ccccc7n8-c7cc(C#N)c(-c8ccncc8)cc7C)c6)c5)cc4n(-c4cc(C#N)c(-c5ccncc5)cc4-c4ccccc4)c3c2)c1. The van der Waals surface area contributed by atoms with Crippen LogP contribution >= 0.6 is 0 Å². The highest BCUT2D eigenvalue weighted by Gasteiger charge is 2.22. The number of aryl methyl sites for hydroxylation is 3. The van der Waals surface area contributed by atoms with Gasteiger partial charge in [0, 0.05) is 57.5 Å². The van der Waals surface area contributed by atoms with Crippen molar-refractivity contribution < 1.29 is 0 Å². The second-order valence-electron chi connectivity index (χ2n) is 21.5. The molecular formula is C76H52N6. The number of fused-ring (bicyclic) bond motifs is 6. The molecule has 82 heavy (non-hydrogen) atoms. The molecule has 0 aliphatic heterocycles. The van der Waals surface area contributed by atoms with Crippen molar-refractivity contribution in [1.29, 1.82) is 10.5 Å². The second kappa shape index (κ2) is 20.4. The van der Waals surface area contributed by atoms with Crippen LogP contribution in [-0.2, 0) is 6.42 Å². The fourth-order valence-corrected chi connectivity index (χ4v) is 12.4. The molecule has 6 heteroatoms. The maximum Gasteiger partial charge on any atom is 0.0998 e. The summed E-state index contributed by atoms with van der Waals surface area (Å²) in [7, 11) is 0. The Bertz CT molecular complexity index is 4940. The van der Waals surface area contributed by atoms with Crippen molar-refractivity contribution in [2.75, 3.05) is 0 Å². The van der Waals surface area contributed by atoms with Gasteiger partial charge in [-0.15, -0.1) is 0 Å². The Hall–Kier alpha value is -10.9. The number of para-hydroxylation sites is 1. The Morgan fingerprint density at radius 3 is 1.52 bits per heavy atom. The number of nitrogens with zero attached hydrogens (tertiary/aromatic N) is 6. The van der Waals surface area contributed by atoms with Crippen molar-refractivity contribution >= 4 is 43.6 Å². The van der Waals surface area contributed by atoms with Gasteiger partial charge in [0.1, 0.15) is 0 Å². The van der Waals surface area contributed by atoms with Crippen LogP contribution < -0.4 is 0 Å². The summed E-state index contributed by atoms with van der Waals surface area (Å²) in [5, 5.41) is 25.9. The van der Waals surface area contributed by atoms with Crippen LogP contribution in [0.4, 0.5) is 0 Å². The first-order valence-corrected chi connectivity index (χ1v) is 27.7. The van der Waals surface area contributed by atoms with E-state index in [0.29, 0.717) is 11.1 Å². The second-order valence-corrected chi connectivity index (χ2v) is 21.5. The molecule has 0 aliphatic rings. The fourth-order valence-electron chi connectivity index (χ4n) is 12.4. The molecule has 0 radical (unpaired) electrons. The summed E-state index contributed by atoms with van der Waals surface area (Å²) in [6.07, 6.45) is 7.86. The van der Waals surface area contributed by atoms with E-state index >= 15 is 0 Å². The lowest BCUT2D eigenvalue weighted by molar-refractivity contribution is 1.15. The summed E-state index contributed by atoms with van der Waals surface area (Å²) in [5.41, 5.74) is 26.0. The van der Waals surface area contributed by atoms with Crippen LogP contribution in [0.25, 0.3) is 122 Å². The van der Waals surface area contributed by atoms with Crippen LogP contribution in [0, 0.1) is 43.4 Å². The van der Waals surface area contributed by atoms with Gasteiger partial charge in [-0.05, 0) is 178 Å². The van der Waals surface area contributed by atoms with Crippen molar-refractivity contribution in [2.24, 2.45) is 0 Å². The van der Waals surface area contributed by atoms with E-state index < -0.39 is 0 Å². The topological polar surface area (TPSA) is 83.2 Å². The zero-order valence-electron chi connectivity index (χ0n) is 45.6. The number of hydrogen-bond acceptors (Lipinski definition) is 4. The molecule has 10 aromatic carbocycles. The predicted molar refractivity (Wildman–Crippen MR) is 336 cm³/mol. The highest BCUT2D eigenvalue weighted by Crippen LogP contribution is 2.43. The van der Waals surface area contributed by atoms with E-state index in [1.807, 2.05) is 36.4 Å². The molecule has 6 nitrogen and oxygen atoms in total. The summed E-state index contributed by atoms with van der Waals surface area (Å²) in [6.45, 7) is 6.45. The van der Waals surface area contributed by atoms with Gasteiger partial charge in [-0.2, -0.15) is 10.5 Å². The van der Waals surface area contributed by atoms with E-state index in [1.54, 1.807) is 24.8 Å². The first-order valence-electron chi connectivity index (χ1n) is 27.7. The Labute approximate surface area is 476 Å². The minimum absolute atomic E-state index is 0.590. The van der Waals surface area contributed by atoms with Crippen molar-refractivity contribution in [1.82, 2.24) is 19.1 Å². The third-order valence-corrected chi connectivity index (χ3v) is 16.2. The van der Waals surface area contributed by atoms with Gasteiger partial charge in [0.25, 0.3) is 0 Å². The number of hydrogen-bond donors (Lipinski definition) is 0. The molecule has 386 valence electrons. The Kier molecular flexibility index (Phi) is 12.3. The van der Waals surface area contributed by atoms with E-state index in [4.69, 9.17) is 0 Å². The molecule has 0 spiro atoms. The van der Waals surface area contributed by atoms with Gasteiger partial charge in [0.2, 0.25) is 0 Å². The molecule has 0 bridgehead atoms. The fraction of sp³-hybridized carbons (Fsp3) is 0.0526. The number of pyridine rings is 2. The Morgan fingerprint density at radius 2 is 0.841 bits per heavy atom. The molecular weight excluding hydrogens is 997 g/mol. The monoisotopic (exact) mass is 1050 g/mol. The normalized spacial score (nSPS) is 11.4. The summed E-state index contributed by atoms with van der Waals surface area (Å²) >= 11 is 0. The third kappa shape index (κ3) is 8.77. The van der Waals surface area contributed by atoms with Crippen molar-refractivity contribution in [3.8, 4) is 90.3 Å². The van der Waals surface area contributed by atoms with Crippen LogP contribution in [-0.4, -0.2) is 19.1 Å². The maximum atomic E-state index is 10.9. The highest BCUT2D eigenvalue weighted by molar-refractivity contribution is 6.13. The summed E-state index contributed by atoms with van der Waals surface area (Å²) in [5.74, 6) is 0. The largest absolute Gasteiger partial charge is 0.309 e. The zero-order valence-corrected chi connectivity index (χ0v) is 45.6. The minimum Gasteiger partial charge on any atom is -0.309 e. The summed E-state index contributed by atoms with van der Waals surface area (Å²) < 4.78 is 4.69. The molecule has 0 amide bonds. The zero-order chi connectivity index (χ0) is 55.4. The lowest BCUT2D eigenvalue weighted by atomic mass is 9.93. The van der Waals surface area contributed by atoms with Crippen molar-refractivity contribution in [3.63, 3.8) is 0 Å². The summed E-state index contributed by atoms with van der Waals surface area (Å²) in [4.78, 5) is 8.49. The van der Waals surface area contributed by atoms with E-state index in [-0.39, 0.29) is 0 Å². The smallest absolute Gasteiger partial charge is 0.0998 e. The van der Waals surface area contributed by atoms with Crippen LogP contribution in [0.3, 0.4) is 0 Å². The lowest BCUT2D eigenvalue weighted by Crippen LogP contribution is -2.00. The quantitative estimate of drug-likeness (QED) is 0.137. The standard InChI is InChI=1S/C76H52N6/c1-48-11-9-15-56(34-48)59-19-22-65-66-23-20-60(42-75(66)82(74(65)41-59)76-44-63(47-78)68(55-27-31-80-32-28-55)45-69(76)53-13-5-4-6-14-53)57-16-10-12-51(38-57)37-52-33-49(2)35-61(39-52)58-21-24-72-70(40-58)64-17-7-8-18-71(64)81(72)73-43-62(46-77)67(36-50(73)3)54-25-29-79-30-26-54/h4-36,38-45H,37H2,1-3H3. The van der Waals surface area contributed by atoms with Crippen molar-refractivity contribution in [2.45, 2.75) is 27.2 Å². The minimum atomic E-state index is 0.590. The summed E-state index contributed by atoms with van der Waals surface area (Å²) in [6, 6.07) is 85.4. The maximum absolute atomic E-state index is 10.9. The van der Waals surface area contributed by atoms with Gasteiger partial charge >= 0.3 is 0 Å². The first kappa shape index (κ1) is 49.4. The van der Waals surface area contributed by atoms with Gasteiger partial charge in [0.05, 0.1) is 56.7 Å². The molecule has 0 unspecified atom stereocenters. The predicted octanol–water partition coefficient (Wildman–Crippen LogP) is 18.9. The highest BCUT2D eigenvalue weighted by atomic mass is 15.0. The van der Waals surface area contributed by atoms with Crippen LogP contribution in [0.5, 0.6) is 0 Å². The molecule has 0 fully saturated rings.